The number of rotatable bonds is 4. The van der Waals surface area contributed by atoms with Gasteiger partial charge in [0, 0.05) is 0 Å². The van der Waals surface area contributed by atoms with Crippen molar-refractivity contribution in [2.24, 2.45) is 0 Å². The summed E-state index contributed by atoms with van der Waals surface area (Å²) in [5.74, 6) is -1.05. The SMILES string of the molecule is O=C1C(O)C(CO)OC(OC2C(CO)OC(O)C(O)C2O)C1O. The van der Waals surface area contributed by atoms with Gasteiger partial charge in [-0.1, -0.05) is 0 Å². The van der Waals surface area contributed by atoms with Crippen LogP contribution in [-0.2, 0) is 19.0 Å². The summed E-state index contributed by atoms with van der Waals surface area (Å²) < 4.78 is 15.1. The molecule has 2 heterocycles. The summed E-state index contributed by atoms with van der Waals surface area (Å²) in [5, 5.41) is 66.4. The Morgan fingerprint density at radius 2 is 1.48 bits per heavy atom. The molecule has 2 aliphatic rings. The van der Waals surface area contributed by atoms with E-state index in [1.165, 1.54) is 0 Å². The van der Waals surface area contributed by atoms with Gasteiger partial charge < -0.3 is 50.0 Å². The lowest BCUT2D eigenvalue weighted by Crippen LogP contribution is -2.63. The van der Waals surface area contributed by atoms with Gasteiger partial charge in [0.2, 0.25) is 0 Å². The molecule has 9 unspecified atom stereocenters. The Balaban J connectivity index is 2.13. The summed E-state index contributed by atoms with van der Waals surface area (Å²) in [6.07, 6.45) is -14.6. The van der Waals surface area contributed by atoms with Gasteiger partial charge in [-0.05, 0) is 0 Å². The lowest BCUT2D eigenvalue weighted by Gasteiger charge is -2.43. The molecule has 2 fully saturated rings. The van der Waals surface area contributed by atoms with Gasteiger partial charge in [-0.2, -0.15) is 0 Å². The first-order valence-electron chi connectivity index (χ1n) is 6.94. The molecule has 0 aromatic carbocycles. The molecule has 134 valence electrons. The number of ether oxygens (including phenoxy) is 3. The molecule has 2 saturated heterocycles. The Kier molecular flexibility index (Phi) is 6.02. The Labute approximate surface area is 130 Å². The van der Waals surface area contributed by atoms with Crippen molar-refractivity contribution in [1.82, 2.24) is 0 Å². The molecule has 0 radical (unpaired) electrons. The summed E-state index contributed by atoms with van der Waals surface area (Å²) in [6.45, 7) is -1.43. The van der Waals surface area contributed by atoms with Crippen LogP contribution in [0.4, 0.5) is 0 Å². The largest absolute Gasteiger partial charge is 0.394 e. The van der Waals surface area contributed by atoms with E-state index in [1.807, 2.05) is 0 Å². The van der Waals surface area contributed by atoms with Gasteiger partial charge in [0.15, 0.2) is 24.5 Å². The van der Waals surface area contributed by atoms with Crippen LogP contribution in [0, 0.1) is 0 Å². The summed E-state index contributed by atoms with van der Waals surface area (Å²) in [7, 11) is 0. The summed E-state index contributed by atoms with van der Waals surface area (Å²) in [6, 6.07) is 0. The van der Waals surface area contributed by atoms with Crippen molar-refractivity contribution >= 4 is 5.78 Å². The highest BCUT2D eigenvalue weighted by atomic mass is 16.7. The molecular weight excluding hydrogens is 320 g/mol. The number of carbonyl (C=O) groups is 1. The Morgan fingerprint density at radius 1 is 0.870 bits per heavy atom. The third-order valence-electron chi connectivity index (χ3n) is 3.81. The summed E-state index contributed by atoms with van der Waals surface area (Å²) in [4.78, 5) is 11.7. The Bertz CT molecular complexity index is 416. The molecule has 0 saturated carbocycles. The molecule has 7 N–H and O–H groups in total. The molecule has 11 heteroatoms. The van der Waals surface area contributed by atoms with Gasteiger partial charge in [-0.15, -0.1) is 0 Å². The second-order valence-electron chi connectivity index (χ2n) is 5.35. The van der Waals surface area contributed by atoms with Gasteiger partial charge in [-0.25, -0.2) is 0 Å². The molecule has 0 bridgehead atoms. The number of aliphatic hydroxyl groups excluding tert-OH is 7. The van der Waals surface area contributed by atoms with E-state index in [2.05, 4.69) is 0 Å². The summed E-state index contributed by atoms with van der Waals surface area (Å²) >= 11 is 0. The zero-order valence-corrected chi connectivity index (χ0v) is 11.9. The minimum Gasteiger partial charge on any atom is -0.394 e. The molecule has 0 aromatic rings. The average Bonchev–Trinajstić information content (AvgIpc) is 2.55. The van der Waals surface area contributed by atoms with Crippen molar-refractivity contribution in [2.45, 2.75) is 55.3 Å². The Morgan fingerprint density at radius 3 is 2.04 bits per heavy atom. The van der Waals surface area contributed by atoms with Crippen LogP contribution in [0.1, 0.15) is 0 Å². The lowest BCUT2D eigenvalue weighted by atomic mass is 9.98. The van der Waals surface area contributed by atoms with Crippen molar-refractivity contribution in [3.05, 3.63) is 0 Å². The van der Waals surface area contributed by atoms with Gasteiger partial charge >= 0.3 is 0 Å². The minimum absolute atomic E-state index is 0.700. The maximum atomic E-state index is 11.7. The van der Waals surface area contributed by atoms with Gasteiger partial charge in [0.05, 0.1) is 13.2 Å². The highest BCUT2D eigenvalue weighted by Gasteiger charge is 2.50. The van der Waals surface area contributed by atoms with Crippen molar-refractivity contribution in [3.8, 4) is 0 Å². The number of hydrogen-bond acceptors (Lipinski definition) is 11. The maximum Gasteiger partial charge on any atom is 0.197 e. The average molecular weight is 340 g/mol. The molecule has 0 aromatic heterocycles. The molecule has 0 aliphatic carbocycles. The van der Waals surface area contributed by atoms with Crippen molar-refractivity contribution < 1.29 is 54.8 Å². The number of carbonyl (C=O) groups excluding carboxylic acids is 1. The predicted octanol–water partition coefficient (Wildman–Crippen LogP) is -5.19. The molecular formula is C12H20O11. The third-order valence-corrected chi connectivity index (χ3v) is 3.81. The fourth-order valence-corrected chi connectivity index (χ4v) is 2.45. The zero-order chi connectivity index (χ0) is 17.3. The van der Waals surface area contributed by atoms with E-state index >= 15 is 0 Å². The molecule has 9 atom stereocenters. The quantitative estimate of drug-likeness (QED) is 0.259. The normalized spacial score (nSPS) is 48.5. The van der Waals surface area contributed by atoms with Crippen LogP contribution in [-0.4, -0.2) is 110 Å². The fraction of sp³-hybridized carbons (Fsp3) is 0.917. The van der Waals surface area contributed by atoms with E-state index < -0.39 is 74.3 Å². The molecule has 23 heavy (non-hydrogen) atoms. The standard InChI is InChI=1S/C12H20O11/c13-1-3-5(15)6(16)9(19)12(22-3)23-10-4(2-14)21-11(20)8(18)7(10)17/h3-5,7-15,17-20H,1-2H2. The number of aliphatic hydroxyl groups is 7. The van der Waals surface area contributed by atoms with Crippen LogP contribution in [0.3, 0.4) is 0 Å². The van der Waals surface area contributed by atoms with Crippen molar-refractivity contribution in [2.75, 3.05) is 13.2 Å². The van der Waals surface area contributed by atoms with Crippen LogP contribution >= 0.6 is 0 Å². The van der Waals surface area contributed by atoms with E-state index in [1.54, 1.807) is 0 Å². The third kappa shape index (κ3) is 3.53. The van der Waals surface area contributed by atoms with Gasteiger partial charge in [0.25, 0.3) is 0 Å². The fourth-order valence-electron chi connectivity index (χ4n) is 2.45. The maximum absolute atomic E-state index is 11.7. The second kappa shape index (κ2) is 7.44. The van der Waals surface area contributed by atoms with E-state index in [4.69, 9.17) is 19.3 Å². The van der Waals surface area contributed by atoms with E-state index in [0.29, 0.717) is 0 Å². The van der Waals surface area contributed by atoms with Gasteiger partial charge in [-0.3, -0.25) is 4.79 Å². The number of Topliss-reactive ketones (excluding diaryl/α,β-unsaturated/α-hetero) is 1. The smallest absolute Gasteiger partial charge is 0.197 e. The number of hydrogen-bond donors (Lipinski definition) is 7. The van der Waals surface area contributed by atoms with Crippen LogP contribution < -0.4 is 0 Å². The number of ketones is 1. The van der Waals surface area contributed by atoms with Crippen LogP contribution in [0.2, 0.25) is 0 Å². The van der Waals surface area contributed by atoms with E-state index in [-0.39, 0.29) is 0 Å². The predicted molar refractivity (Wildman–Crippen MR) is 67.6 cm³/mol. The van der Waals surface area contributed by atoms with Crippen LogP contribution in [0.25, 0.3) is 0 Å². The monoisotopic (exact) mass is 340 g/mol. The zero-order valence-electron chi connectivity index (χ0n) is 11.9. The van der Waals surface area contributed by atoms with Crippen LogP contribution in [0.15, 0.2) is 0 Å². The first kappa shape index (κ1) is 18.6. The molecule has 11 nitrogen and oxygen atoms in total. The Hall–Kier alpha value is -0.730. The molecule has 2 aliphatic heterocycles. The second-order valence-corrected chi connectivity index (χ2v) is 5.35. The molecule has 0 amide bonds. The van der Waals surface area contributed by atoms with Crippen LogP contribution in [0.5, 0.6) is 0 Å². The highest BCUT2D eigenvalue weighted by Crippen LogP contribution is 2.27. The first-order valence-corrected chi connectivity index (χ1v) is 6.94. The first-order chi connectivity index (χ1) is 10.8. The van der Waals surface area contributed by atoms with Gasteiger partial charge in [0.1, 0.15) is 36.6 Å². The highest BCUT2D eigenvalue weighted by molar-refractivity contribution is 5.88. The molecule has 2 rings (SSSR count). The topological polar surface area (TPSA) is 186 Å². The van der Waals surface area contributed by atoms with Crippen molar-refractivity contribution in [3.63, 3.8) is 0 Å². The van der Waals surface area contributed by atoms with Crippen molar-refractivity contribution in [1.29, 1.82) is 0 Å². The molecule has 0 spiro atoms. The minimum atomic E-state index is -1.91. The van der Waals surface area contributed by atoms with E-state index in [0.717, 1.165) is 0 Å². The summed E-state index contributed by atoms with van der Waals surface area (Å²) in [5.41, 5.74) is 0. The lowest BCUT2D eigenvalue weighted by molar-refractivity contribution is -0.336. The van der Waals surface area contributed by atoms with E-state index in [9.17, 15) is 35.4 Å².